The van der Waals surface area contributed by atoms with Crippen LogP contribution in [0.4, 0.5) is 5.82 Å². The van der Waals surface area contributed by atoms with Crippen LogP contribution in [0.25, 0.3) is 0 Å². The number of carbonyl (C=O) groups excluding carboxylic acids is 1. The molecule has 19 heavy (non-hydrogen) atoms. The highest BCUT2D eigenvalue weighted by molar-refractivity contribution is 5.92. The van der Waals surface area contributed by atoms with E-state index in [1.807, 2.05) is 20.0 Å². The lowest BCUT2D eigenvalue weighted by molar-refractivity contribution is -0.131. The van der Waals surface area contributed by atoms with Crippen LogP contribution in [-0.2, 0) is 16.6 Å². The Bertz CT molecular complexity index is 454. The minimum atomic E-state index is -0.0658. The van der Waals surface area contributed by atoms with Crippen LogP contribution >= 0.6 is 0 Å². The second-order valence-corrected chi connectivity index (χ2v) is 5.61. The minimum Gasteiger partial charge on any atom is -0.377 e. The van der Waals surface area contributed by atoms with Crippen molar-refractivity contribution >= 4 is 11.7 Å². The van der Waals surface area contributed by atoms with Crippen molar-refractivity contribution in [3.63, 3.8) is 0 Å². The van der Waals surface area contributed by atoms with Gasteiger partial charge in [-0.15, -0.1) is 0 Å². The van der Waals surface area contributed by atoms with Crippen LogP contribution in [0.2, 0.25) is 0 Å². The van der Waals surface area contributed by atoms with Crippen LogP contribution in [0.15, 0.2) is 6.07 Å². The summed E-state index contributed by atoms with van der Waals surface area (Å²) in [6, 6.07) is 1.88. The lowest BCUT2D eigenvalue weighted by Gasteiger charge is -2.33. The van der Waals surface area contributed by atoms with Gasteiger partial charge in [-0.25, -0.2) is 0 Å². The minimum absolute atomic E-state index is 0.0167. The zero-order valence-corrected chi connectivity index (χ0v) is 12.1. The van der Waals surface area contributed by atoms with Gasteiger partial charge < -0.3 is 10.1 Å². The van der Waals surface area contributed by atoms with Crippen LogP contribution < -0.4 is 5.32 Å². The SMILES string of the molecule is Cc1cc(NC(=O)C2CCCOC2C(C)C)n(C)n1. The van der Waals surface area contributed by atoms with E-state index in [2.05, 4.69) is 24.3 Å². The number of anilines is 1. The number of nitrogens with one attached hydrogen (secondary N) is 1. The highest BCUT2D eigenvalue weighted by Gasteiger charge is 2.34. The Balaban J connectivity index is 2.07. The Hall–Kier alpha value is -1.36. The van der Waals surface area contributed by atoms with Gasteiger partial charge in [0.25, 0.3) is 0 Å². The molecule has 1 fully saturated rings. The molecule has 5 nitrogen and oxygen atoms in total. The molecule has 106 valence electrons. The maximum atomic E-state index is 12.4. The average molecular weight is 265 g/mol. The fraction of sp³-hybridized carbons (Fsp3) is 0.714. The fourth-order valence-corrected chi connectivity index (χ4v) is 2.69. The summed E-state index contributed by atoms with van der Waals surface area (Å²) in [4.78, 5) is 12.4. The van der Waals surface area contributed by atoms with Crippen LogP contribution in [0.5, 0.6) is 0 Å². The fourth-order valence-electron chi connectivity index (χ4n) is 2.69. The molecule has 2 heterocycles. The number of aromatic nitrogens is 2. The maximum Gasteiger partial charge on any atom is 0.231 e. The summed E-state index contributed by atoms with van der Waals surface area (Å²) in [6.45, 7) is 6.88. The highest BCUT2D eigenvalue weighted by atomic mass is 16.5. The molecule has 1 N–H and O–H groups in total. The normalized spacial score (nSPS) is 23.6. The van der Waals surface area contributed by atoms with E-state index in [0.29, 0.717) is 5.92 Å². The first-order valence-corrected chi connectivity index (χ1v) is 6.92. The third-order valence-corrected chi connectivity index (χ3v) is 3.61. The standard InChI is InChI=1S/C14H23N3O2/c1-9(2)13-11(6-5-7-19-13)14(18)15-12-8-10(3)16-17(12)4/h8-9,11,13H,5-7H2,1-4H3,(H,15,18). The second-order valence-electron chi connectivity index (χ2n) is 5.61. The predicted molar refractivity (Wildman–Crippen MR) is 73.9 cm³/mol. The molecule has 0 aromatic carbocycles. The maximum absolute atomic E-state index is 12.4. The summed E-state index contributed by atoms with van der Waals surface area (Å²) in [6.07, 6.45) is 1.86. The molecular weight excluding hydrogens is 242 g/mol. The molecule has 0 bridgehead atoms. The van der Waals surface area contributed by atoms with Crippen molar-refractivity contribution in [3.8, 4) is 0 Å². The third kappa shape index (κ3) is 3.15. The lowest BCUT2D eigenvalue weighted by atomic mass is 9.87. The molecule has 2 rings (SSSR count). The zero-order chi connectivity index (χ0) is 14.0. The van der Waals surface area contributed by atoms with Crippen LogP contribution in [0.1, 0.15) is 32.4 Å². The average Bonchev–Trinajstić information content (AvgIpc) is 2.67. The van der Waals surface area contributed by atoms with Gasteiger partial charge in [-0.3, -0.25) is 9.48 Å². The first-order valence-electron chi connectivity index (χ1n) is 6.92. The Kier molecular flexibility index (Phi) is 4.24. The summed E-state index contributed by atoms with van der Waals surface area (Å²) in [5.74, 6) is 1.07. The van der Waals surface area contributed by atoms with Gasteiger partial charge in [0, 0.05) is 19.7 Å². The first kappa shape index (κ1) is 14.1. The van der Waals surface area contributed by atoms with E-state index in [0.717, 1.165) is 31.0 Å². The van der Waals surface area contributed by atoms with E-state index in [1.165, 1.54) is 0 Å². The molecule has 1 aromatic heterocycles. The monoisotopic (exact) mass is 265 g/mol. The van der Waals surface area contributed by atoms with Gasteiger partial charge in [-0.2, -0.15) is 5.10 Å². The van der Waals surface area contributed by atoms with E-state index >= 15 is 0 Å². The van der Waals surface area contributed by atoms with Crippen molar-refractivity contribution in [1.82, 2.24) is 9.78 Å². The Morgan fingerprint density at radius 2 is 2.32 bits per heavy atom. The number of ether oxygens (including phenoxy) is 1. The number of nitrogens with zero attached hydrogens (tertiary/aromatic N) is 2. The summed E-state index contributed by atoms with van der Waals surface area (Å²) in [7, 11) is 1.83. The van der Waals surface area contributed by atoms with Crippen molar-refractivity contribution in [2.45, 2.75) is 39.7 Å². The number of rotatable bonds is 3. The summed E-state index contributed by atoms with van der Waals surface area (Å²) in [5.41, 5.74) is 0.901. The van der Waals surface area contributed by atoms with Crippen molar-refractivity contribution < 1.29 is 9.53 Å². The Morgan fingerprint density at radius 3 is 2.89 bits per heavy atom. The zero-order valence-electron chi connectivity index (χ0n) is 12.1. The topological polar surface area (TPSA) is 56.1 Å². The molecule has 0 spiro atoms. The van der Waals surface area contributed by atoms with E-state index < -0.39 is 0 Å². The van der Waals surface area contributed by atoms with Gasteiger partial charge in [0.2, 0.25) is 5.91 Å². The molecule has 2 atom stereocenters. The molecule has 0 saturated carbocycles. The third-order valence-electron chi connectivity index (χ3n) is 3.61. The molecule has 1 aliphatic rings. The van der Waals surface area contributed by atoms with E-state index in [1.54, 1.807) is 4.68 Å². The summed E-state index contributed by atoms with van der Waals surface area (Å²) in [5, 5.41) is 7.20. The van der Waals surface area contributed by atoms with E-state index in [9.17, 15) is 4.79 Å². The van der Waals surface area contributed by atoms with Crippen molar-refractivity contribution in [2.24, 2.45) is 18.9 Å². The predicted octanol–water partition coefficient (Wildman–Crippen LogP) is 2.12. The molecular formula is C14H23N3O2. The van der Waals surface area contributed by atoms with Crippen LogP contribution in [-0.4, -0.2) is 28.4 Å². The molecule has 1 amide bonds. The van der Waals surface area contributed by atoms with Crippen LogP contribution in [0.3, 0.4) is 0 Å². The van der Waals surface area contributed by atoms with E-state index in [-0.39, 0.29) is 17.9 Å². The van der Waals surface area contributed by atoms with Crippen molar-refractivity contribution in [2.75, 3.05) is 11.9 Å². The number of aryl methyl sites for hydroxylation is 2. The number of hydrogen-bond donors (Lipinski definition) is 1. The molecule has 0 aliphatic carbocycles. The van der Waals surface area contributed by atoms with Gasteiger partial charge in [-0.1, -0.05) is 13.8 Å². The molecule has 0 radical (unpaired) electrons. The molecule has 2 unspecified atom stereocenters. The van der Waals surface area contributed by atoms with Gasteiger partial charge in [-0.05, 0) is 25.7 Å². The second kappa shape index (κ2) is 5.74. The Morgan fingerprint density at radius 1 is 1.58 bits per heavy atom. The number of hydrogen-bond acceptors (Lipinski definition) is 3. The molecule has 5 heteroatoms. The lowest BCUT2D eigenvalue weighted by Crippen LogP contribution is -2.41. The van der Waals surface area contributed by atoms with Crippen molar-refractivity contribution in [1.29, 1.82) is 0 Å². The smallest absolute Gasteiger partial charge is 0.231 e. The van der Waals surface area contributed by atoms with Crippen molar-refractivity contribution in [3.05, 3.63) is 11.8 Å². The quantitative estimate of drug-likeness (QED) is 0.910. The van der Waals surface area contributed by atoms with E-state index in [4.69, 9.17) is 4.74 Å². The molecule has 1 saturated heterocycles. The summed E-state index contributed by atoms with van der Waals surface area (Å²) >= 11 is 0. The Labute approximate surface area is 114 Å². The van der Waals surface area contributed by atoms with Gasteiger partial charge >= 0.3 is 0 Å². The first-order chi connectivity index (χ1) is 8.99. The van der Waals surface area contributed by atoms with Gasteiger partial charge in [0.05, 0.1) is 17.7 Å². The van der Waals surface area contributed by atoms with Gasteiger partial charge in [0.15, 0.2) is 0 Å². The number of carbonyl (C=O) groups is 1. The number of amides is 1. The van der Waals surface area contributed by atoms with Gasteiger partial charge in [0.1, 0.15) is 5.82 Å². The summed E-state index contributed by atoms with van der Waals surface area (Å²) < 4.78 is 7.46. The molecule has 1 aliphatic heterocycles. The highest BCUT2D eigenvalue weighted by Crippen LogP contribution is 2.27. The largest absolute Gasteiger partial charge is 0.377 e. The molecule has 1 aromatic rings. The van der Waals surface area contributed by atoms with Crippen LogP contribution in [0, 0.1) is 18.8 Å².